The highest BCUT2D eigenvalue weighted by Crippen LogP contribution is 2.64. The second kappa shape index (κ2) is 6.75. The summed E-state index contributed by atoms with van der Waals surface area (Å²) < 4.78 is 57.9. The van der Waals surface area contributed by atoms with Gasteiger partial charge in [-0.1, -0.05) is 6.07 Å². The zero-order valence-corrected chi connectivity index (χ0v) is 15.7. The Hall–Kier alpha value is -3.04. The molecule has 3 aromatic rings. The van der Waals surface area contributed by atoms with E-state index in [9.17, 15) is 17.6 Å². The molecule has 3 heterocycles. The molecule has 30 heavy (non-hydrogen) atoms. The fourth-order valence-corrected chi connectivity index (χ4v) is 4.17. The van der Waals surface area contributed by atoms with Gasteiger partial charge < -0.3 is 9.32 Å². The van der Waals surface area contributed by atoms with E-state index < -0.39 is 11.9 Å². The Morgan fingerprint density at radius 2 is 1.90 bits per heavy atom. The van der Waals surface area contributed by atoms with Crippen LogP contribution >= 0.6 is 0 Å². The molecular weight excluding hydrogens is 402 g/mol. The molecule has 0 bridgehead atoms. The van der Waals surface area contributed by atoms with Crippen molar-refractivity contribution in [3.05, 3.63) is 53.9 Å². The van der Waals surface area contributed by atoms with Crippen LogP contribution in [0.4, 0.5) is 23.5 Å². The number of benzene rings is 1. The Labute approximate surface area is 169 Å². The van der Waals surface area contributed by atoms with Gasteiger partial charge in [0.25, 0.3) is 0 Å². The molecule has 0 unspecified atom stereocenters. The van der Waals surface area contributed by atoms with Gasteiger partial charge >= 0.3 is 6.18 Å². The number of hydrogen-bond acceptors (Lipinski definition) is 6. The summed E-state index contributed by atoms with van der Waals surface area (Å²) in [7, 11) is 0. The lowest BCUT2D eigenvalue weighted by molar-refractivity contribution is -0.141. The van der Waals surface area contributed by atoms with Crippen LogP contribution in [0.2, 0.25) is 0 Å². The molecule has 1 aromatic carbocycles. The zero-order chi connectivity index (χ0) is 20.9. The summed E-state index contributed by atoms with van der Waals surface area (Å²) in [6, 6.07) is 6.85. The number of piperidine rings is 1. The molecule has 0 N–H and O–H groups in total. The van der Waals surface area contributed by atoms with Gasteiger partial charge in [0, 0.05) is 30.8 Å². The van der Waals surface area contributed by atoms with Gasteiger partial charge in [0.1, 0.15) is 11.5 Å². The minimum Gasteiger partial charge on any atom is -0.420 e. The molecule has 2 aromatic heterocycles. The van der Waals surface area contributed by atoms with Crippen LogP contribution in [0.15, 0.2) is 40.9 Å². The largest absolute Gasteiger partial charge is 0.433 e. The van der Waals surface area contributed by atoms with Crippen LogP contribution in [-0.4, -0.2) is 33.3 Å². The minimum absolute atomic E-state index is 0.00385. The average molecular weight is 419 g/mol. The highest BCUT2D eigenvalue weighted by atomic mass is 19.4. The monoisotopic (exact) mass is 419 g/mol. The number of anilines is 1. The molecule has 5 rings (SSSR count). The fourth-order valence-electron chi connectivity index (χ4n) is 4.17. The summed E-state index contributed by atoms with van der Waals surface area (Å²) in [4.78, 5) is 9.46. The van der Waals surface area contributed by atoms with Gasteiger partial charge in [-0.2, -0.15) is 13.2 Å². The molecule has 2 fully saturated rings. The molecule has 6 nitrogen and oxygen atoms in total. The van der Waals surface area contributed by atoms with Crippen molar-refractivity contribution in [2.45, 2.75) is 31.4 Å². The second-order valence-electron chi connectivity index (χ2n) is 7.80. The normalized spacial score (nSPS) is 20.5. The highest BCUT2D eigenvalue weighted by Gasteiger charge is 2.58. The van der Waals surface area contributed by atoms with Crippen molar-refractivity contribution in [1.82, 2.24) is 20.2 Å². The Balaban J connectivity index is 1.26. The Bertz CT molecular complexity index is 1070. The van der Waals surface area contributed by atoms with E-state index >= 15 is 0 Å². The van der Waals surface area contributed by atoms with Gasteiger partial charge in [-0.15, -0.1) is 10.2 Å². The van der Waals surface area contributed by atoms with E-state index in [1.165, 1.54) is 12.1 Å². The maximum absolute atomic E-state index is 13.4. The van der Waals surface area contributed by atoms with Crippen LogP contribution in [0, 0.1) is 11.2 Å². The van der Waals surface area contributed by atoms with Crippen LogP contribution in [0.1, 0.15) is 36.8 Å². The van der Waals surface area contributed by atoms with E-state index in [0.717, 1.165) is 31.5 Å². The van der Waals surface area contributed by atoms with Crippen LogP contribution in [0.5, 0.6) is 0 Å². The molecule has 156 valence electrons. The maximum atomic E-state index is 13.4. The predicted molar refractivity (Wildman–Crippen MR) is 98.0 cm³/mol. The third kappa shape index (κ3) is 3.40. The third-order valence-electron chi connectivity index (χ3n) is 5.98. The number of rotatable bonds is 3. The molecule has 10 heteroatoms. The fraction of sp³-hybridized carbons (Fsp3) is 0.400. The van der Waals surface area contributed by atoms with Crippen LogP contribution in [0.3, 0.4) is 0 Å². The molecule has 2 aliphatic rings. The topological polar surface area (TPSA) is 67.9 Å². The van der Waals surface area contributed by atoms with Gasteiger partial charge in [0.2, 0.25) is 17.7 Å². The lowest BCUT2D eigenvalue weighted by atomic mass is 9.91. The van der Waals surface area contributed by atoms with Crippen LogP contribution < -0.4 is 4.90 Å². The summed E-state index contributed by atoms with van der Waals surface area (Å²) in [5.41, 5.74) is -0.406. The summed E-state index contributed by atoms with van der Waals surface area (Å²) >= 11 is 0. The molecule has 1 saturated carbocycles. The Morgan fingerprint density at radius 1 is 1.10 bits per heavy atom. The van der Waals surface area contributed by atoms with Gasteiger partial charge in [-0.05, 0) is 48.9 Å². The predicted octanol–water partition coefficient (Wildman–Crippen LogP) is 4.46. The molecule has 1 aliphatic carbocycles. The molecule has 1 spiro atoms. The van der Waals surface area contributed by atoms with Crippen molar-refractivity contribution in [3.63, 3.8) is 0 Å². The molecule has 0 amide bonds. The lowest BCUT2D eigenvalue weighted by Gasteiger charge is -2.32. The lowest BCUT2D eigenvalue weighted by Crippen LogP contribution is -2.36. The summed E-state index contributed by atoms with van der Waals surface area (Å²) in [5, 5.41) is 8.19. The summed E-state index contributed by atoms with van der Waals surface area (Å²) in [5.74, 6) is 0.638. The van der Waals surface area contributed by atoms with Gasteiger partial charge in [0.05, 0.1) is 0 Å². The highest BCUT2D eigenvalue weighted by molar-refractivity contribution is 5.52. The minimum atomic E-state index is -4.49. The van der Waals surface area contributed by atoms with Crippen LogP contribution in [0.25, 0.3) is 11.5 Å². The van der Waals surface area contributed by atoms with E-state index in [-0.39, 0.29) is 29.0 Å². The van der Waals surface area contributed by atoms with Crippen molar-refractivity contribution in [2.75, 3.05) is 18.0 Å². The number of halogens is 4. The first kappa shape index (κ1) is 19.0. The quantitative estimate of drug-likeness (QED) is 0.584. The van der Waals surface area contributed by atoms with E-state index in [0.29, 0.717) is 24.5 Å². The third-order valence-corrected chi connectivity index (χ3v) is 5.98. The first-order valence-corrected chi connectivity index (χ1v) is 9.59. The van der Waals surface area contributed by atoms with Gasteiger partial charge in [-0.3, -0.25) is 0 Å². The molecule has 1 aliphatic heterocycles. The smallest absolute Gasteiger partial charge is 0.420 e. The number of nitrogens with zero attached hydrogens (tertiary/aromatic N) is 5. The van der Waals surface area contributed by atoms with Crippen molar-refractivity contribution in [3.8, 4) is 11.5 Å². The summed E-state index contributed by atoms with van der Waals surface area (Å²) in [6.45, 7) is 1.12. The standard InChI is InChI=1S/C20H17F4N5O/c21-13-3-1-2-12(10-13)16-27-28-17(30-16)14-11-19(14)5-8-29(9-6-19)18-25-7-4-15(26-18)20(22,23)24/h1-4,7,10,14H,5-6,8-9,11H2/t14-/m0/s1. The Kier molecular flexibility index (Phi) is 4.26. The summed E-state index contributed by atoms with van der Waals surface area (Å²) in [6.07, 6.45) is -0.922. The van der Waals surface area contributed by atoms with Crippen molar-refractivity contribution in [1.29, 1.82) is 0 Å². The van der Waals surface area contributed by atoms with E-state index in [1.807, 2.05) is 0 Å². The molecule has 0 radical (unpaired) electrons. The zero-order valence-electron chi connectivity index (χ0n) is 15.7. The number of hydrogen-bond donors (Lipinski definition) is 0. The van der Waals surface area contributed by atoms with E-state index in [1.54, 1.807) is 17.0 Å². The number of aromatic nitrogens is 4. The van der Waals surface area contributed by atoms with E-state index in [2.05, 4.69) is 20.2 Å². The molecule has 1 saturated heterocycles. The maximum Gasteiger partial charge on any atom is 0.433 e. The second-order valence-corrected chi connectivity index (χ2v) is 7.80. The van der Waals surface area contributed by atoms with Crippen molar-refractivity contribution in [2.24, 2.45) is 5.41 Å². The van der Waals surface area contributed by atoms with Crippen LogP contribution in [-0.2, 0) is 6.18 Å². The Morgan fingerprint density at radius 3 is 2.63 bits per heavy atom. The number of alkyl halides is 3. The SMILES string of the molecule is Fc1cccc(-c2nnc([C@@H]3CC34CCN(c3nccc(C(F)(F)F)n3)CC4)o2)c1. The van der Waals surface area contributed by atoms with Crippen molar-refractivity contribution >= 4 is 5.95 Å². The van der Waals surface area contributed by atoms with Crippen molar-refractivity contribution < 1.29 is 22.0 Å². The average Bonchev–Trinajstić information content (AvgIpc) is 3.20. The first-order valence-electron chi connectivity index (χ1n) is 9.59. The molecular formula is C20H17F4N5O. The molecule has 1 atom stereocenters. The van der Waals surface area contributed by atoms with Gasteiger partial charge in [0.15, 0.2) is 0 Å². The van der Waals surface area contributed by atoms with E-state index in [4.69, 9.17) is 4.42 Å². The first-order chi connectivity index (χ1) is 14.3. The van der Waals surface area contributed by atoms with Gasteiger partial charge in [-0.25, -0.2) is 14.4 Å².